The molecule has 0 saturated carbocycles. The van der Waals surface area contributed by atoms with Gasteiger partial charge in [-0.05, 0) is 24.1 Å². The number of amides is 1. The predicted octanol–water partition coefficient (Wildman–Crippen LogP) is 2.33. The number of benzene rings is 1. The number of carbonyl (C=O) groups is 1. The smallest absolute Gasteiger partial charge is 0.270 e. The third-order valence-electron chi connectivity index (χ3n) is 4.75. The van der Waals surface area contributed by atoms with Crippen LogP contribution in [0.15, 0.2) is 23.6 Å². The monoisotopic (exact) mass is 388 g/mol. The van der Waals surface area contributed by atoms with E-state index in [1.807, 2.05) is 18.4 Å². The van der Waals surface area contributed by atoms with E-state index >= 15 is 0 Å². The predicted molar refractivity (Wildman–Crippen MR) is 105 cm³/mol. The van der Waals surface area contributed by atoms with Crippen LogP contribution >= 0.6 is 11.3 Å². The van der Waals surface area contributed by atoms with Gasteiger partial charge in [0.2, 0.25) is 6.79 Å². The number of nitrogens with zero attached hydrogens (tertiary/aromatic N) is 3. The van der Waals surface area contributed by atoms with Crippen LogP contribution in [0.2, 0.25) is 0 Å². The molecule has 1 aromatic heterocycles. The summed E-state index contributed by atoms with van der Waals surface area (Å²) in [7, 11) is 0. The fraction of sp³-hybridized carbons (Fsp3) is 0.474. The molecule has 7 nitrogen and oxygen atoms in total. The normalized spacial score (nSPS) is 16.6. The third kappa shape index (κ3) is 4.17. The highest BCUT2D eigenvalue weighted by Gasteiger charge is 2.21. The van der Waals surface area contributed by atoms with Crippen LogP contribution in [0.5, 0.6) is 11.5 Å². The minimum Gasteiger partial charge on any atom is -0.454 e. The fourth-order valence-corrected chi connectivity index (χ4v) is 4.10. The van der Waals surface area contributed by atoms with Gasteiger partial charge < -0.3 is 19.7 Å². The Bertz CT molecular complexity index is 802. The molecule has 4 rings (SSSR count). The van der Waals surface area contributed by atoms with Crippen molar-refractivity contribution in [2.45, 2.75) is 19.9 Å². The van der Waals surface area contributed by atoms with Crippen LogP contribution in [-0.2, 0) is 6.54 Å². The number of aromatic nitrogens is 1. The van der Waals surface area contributed by atoms with Crippen molar-refractivity contribution in [1.29, 1.82) is 0 Å². The molecule has 0 atom stereocenters. The van der Waals surface area contributed by atoms with Crippen molar-refractivity contribution in [3.05, 3.63) is 34.8 Å². The number of carbonyl (C=O) groups excluding carboxylic acids is 1. The maximum Gasteiger partial charge on any atom is 0.270 e. The summed E-state index contributed by atoms with van der Waals surface area (Å²) < 4.78 is 10.8. The fourth-order valence-electron chi connectivity index (χ4n) is 3.24. The molecule has 2 aliphatic heterocycles. The van der Waals surface area contributed by atoms with Gasteiger partial charge in [-0.1, -0.05) is 13.0 Å². The number of rotatable bonds is 6. The molecule has 0 aliphatic carbocycles. The van der Waals surface area contributed by atoms with Crippen molar-refractivity contribution in [2.75, 3.05) is 44.4 Å². The van der Waals surface area contributed by atoms with Crippen LogP contribution in [0.3, 0.4) is 0 Å². The Labute approximate surface area is 162 Å². The highest BCUT2D eigenvalue weighted by molar-refractivity contribution is 7.13. The van der Waals surface area contributed by atoms with Gasteiger partial charge in [-0.25, -0.2) is 4.98 Å². The average molecular weight is 388 g/mol. The first-order valence-electron chi connectivity index (χ1n) is 9.32. The van der Waals surface area contributed by atoms with Crippen molar-refractivity contribution < 1.29 is 14.3 Å². The van der Waals surface area contributed by atoms with Crippen molar-refractivity contribution in [3.63, 3.8) is 0 Å². The lowest BCUT2D eigenvalue weighted by atomic mass is 10.1. The molecule has 1 amide bonds. The Morgan fingerprint density at radius 3 is 2.85 bits per heavy atom. The Kier molecular flexibility index (Phi) is 5.45. The van der Waals surface area contributed by atoms with E-state index in [-0.39, 0.29) is 5.91 Å². The first-order chi connectivity index (χ1) is 13.2. The second-order valence-electron chi connectivity index (χ2n) is 6.72. The average Bonchev–Trinajstić information content (AvgIpc) is 3.36. The van der Waals surface area contributed by atoms with Gasteiger partial charge in [0.25, 0.3) is 5.91 Å². The molecule has 0 bridgehead atoms. The number of nitrogens with one attached hydrogen (secondary N) is 1. The Morgan fingerprint density at radius 1 is 1.22 bits per heavy atom. The van der Waals surface area contributed by atoms with Gasteiger partial charge in [0.15, 0.2) is 16.6 Å². The maximum atomic E-state index is 12.0. The van der Waals surface area contributed by atoms with E-state index in [1.165, 1.54) is 5.56 Å². The molecule has 1 aromatic carbocycles. The lowest BCUT2D eigenvalue weighted by Crippen LogP contribution is -2.46. The van der Waals surface area contributed by atoms with Gasteiger partial charge in [0.1, 0.15) is 5.69 Å². The van der Waals surface area contributed by atoms with E-state index in [1.54, 1.807) is 11.3 Å². The third-order valence-corrected chi connectivity index (χ3v) is 5.65. The zero-order chi connectivity index (χ0) is 18.6. The van der Waals surface area contributed by atoms with Gasteiger partial charge in [0.05, 0.1) is 0 Å². The molecule has 3 heterocycles. The Hall–Kier alpha value is -2.32. The summed E-state index contributed by atoms with van der Waals surface area (Å²) in [6, 6.07) is 6.15. The minimum atomic E-state index is -0.0826. The van der Waals surface area contributed by atoms with Gasteiger partial charge in [0, 0.05) is 44.6 Å². The zero-order valence-corrected chi connectivity index (χ0v) is 16.3. The lowest BCUT2D eigenvalue weighted by Gasteiger charge is -2.34. The summed E-state index contributed by atoms with van der Waals surface area (Å²) in [5.41, 5.74) is 1.75. The van der Waals surface area contributed by atoms with E-state index in [0.29, 0.717) is 19.0 Å². The molecule has 0 unspecified atom stereocenters. The number of piperazine rings is 1. The maximum absolute atomic E-state index is 12.0. The number of fused-ring (bicyclic) bond motifs is 1. The van der Waals surface area contributed by atoms with Crippen LogP contribution in [0.1, 0.15) is 29.4 Å². The van der Waals surface area contributed by atoms with Crippen molar-refractivity contribution in [2.24, 2.45) is 0 Å². The van der Waals surface area contributed by atoms with Crippen LogP contribution in [0.25, 0.3) is 0 Å². The molecule has 2 aromatic rings. The SMILES string of the molecule is CCCNC(=O)c1csc(N2CCN(Cc3ccc4c(c3)OCO4)CC2)n1. The standard InChI is InChI=1S/C19H24N4O3S/c1-2-5-20-18(24)15-12-27-19(21-15)23-8-6-22(7-9-23)11-14-3-4-16-17(10-14)26-13-25-16/h3-4,10,12H,2,5-9,11,13H2,1H3,(H,20,24). The van der Waals surface area contributed by atoms with Gasteiger partial charge in [-0.3, -0.25) is 9.69 Å². The van der Waals surface area contributed by atoms with Crippen molar-refractivity contribution in [1.82, 2.24) is 15.2 Å². The Morgan fingerprint density at radius 2 is 2.04 bits per heavy atom. The molecule has 8 heteroatoms. The topological polar surface area (TPSA) is 66.9 Å². The molecule has 1 saturated heterocycles. The molecule has 1 N–H and O–H groups in total. The number of hydrogen-bond donors (Lipinski definition) is 1. The Balaban J connectivity index is 1.30. The summed E-state index contributed by atoms with van der Waals surface area (Å²) in [5.74, 6) is 1.58. The first kappa shape index (κ1) is 18.1. The number of hydrogen-bond acceptors (Lipinski definition) is 7. The van der Waals surface area contributed by atoms with E-state index in [0.717, 1.165) is 55.8 Å². The van der Waals surface area contributed by atoms with E-state index in [9.17, 15) is 4.79 Å². The second-order valence-corrected chi connectivity index (χ2v) is 7.56. The highest BCUT2D eigenvalue weighted by Crippen LogP contribution is 2.33. The van der Waals surface area contributed by atoms with Gasteiger partial charge in [-0.2, -0.15) is 0 Å². The molecular formula is C19H24N4O3S. The molecule has 2 aliphatic rings. The summed E-state index contributed by atoms with van der Waals surface area (Å²) in [6.07, 6.45) is 0.925. The summed E-state index contributed by atoms with van der Waals surface area (Å²) in [4.78, 5) is 21.2. The summed E-state index contributed by atoms with van der Waals surface area (Å²) in [5, 5.41) is 5.65. The molecule has 0 radical (unpaired) electrons. The molecule has 0 spiro atoms. The molecular weight excluding hydrogens is 364 g/mol. The van der Waals surface area contributed by atoms with Crippen LogP contribution in [0, 0.1) is 0 Å². The van der Waals surface area contributed by atoms with E-state index in [2.05, 4.69) is 32.2 Å². The lowest BCUT2D eigenvalue weighted by molar-refractivity contribution is 0.0949. The number of anilines is 1. The van der Waals surface area contributed by atoms with Gasteiger partial charge >= 0.3 is 0 Å². The number of ether oxygens (including phenoxy) is 2. The van der Waals surface area contributed by atoms with Crippen molar-refractivity contribution in [3.8, 4) is 11.5 Å². The zero-order valence-electron chi connectivity index (χ0n) is 15.4. The molecule has 1 fully saturated rings. The quantitative estimate of drug-likeness (QED) is 0.819. The van der Waals surface area contributed by atoms with Crippen LogP contribution < -0.4 is 19.7 Å². The van der Waals surface area contributed by atoms with E-state index in [4.69, 9.17) is 9.47 Å². The molecule has 27 heavy (non-hydrogen) atoms. The summed E-state index contributed by atoms with van der Waals surface area (Å²) in [6.45, 7) is 7.68. The number of thiazole rings is 1. The van der Waals surface area contributed by atoms with Crippen molar-refractivity contribution >= 4 is 22.4 Å². The van der Waals surface area contributed by atoms with Gasteiger partial charge in [-0.15, -0.1) is 11.3 Å². The van der Waals surface area contributed by atoms with E-state index < -0.39 is 0 Å². The van der Waals surface area contributed by atoms with Crippen LogP contribution in [0.4, 0.5) is 5.13 Å². The minimum absolute atomic E-state index is 0.0826. The molecule has 144 valence electrons. The highest BCUT2D eigenvalue weighted by atomic mass is 32.1. The second kappa shape index (κ2) is 8.14. The first-order valence-corrected chi connectivity index (χ1v) is 10.2. The summed E-state index contributed by atoms with van der Waals surface area (Å²) >= 11 is 1.54. The largest absolute Gasteiger partial charge is 0.454 e. The van der Waals surface area contributed by atoms with Crippen LogP contribution in [-0.4, -0.2) is 55.3 Å².